The van der Waals surface area contributed by atoms with Gasteiger partial charge >= 0.3 is 0 Å². The molecule has 28 heavy (non-hydrogen) atoms. The first-order valence-corrected chi connectivity index (χ1v) is 9.46. The van der Waals surface area contributed by atoms with E-state index >= 15 is 0 Å². The van der Waals surface area contributed by atoms with E-state index in [4.69, 9.17) is 0 Å². The number of nitrogens with zero attached hydrogens (tertiary/aromatic N) is 3. The second-order valence-electron chi connectivity index (χ2n) is 7.29. The Morgan fingerprint density at radius 2 is 1.79 bits per heavy atom. The van der Waals surface area contributed by atoms with Crippen LogP contribution in [0.15, 0.2) is 59.4 Å². The van der Waals surface area contributed by atoms with Crippen LogP contribution in [-0.4, -0.2) is 27.9 Å². The zero-order valence-electron chi connectivity index (χ0n) is 16.3. The first-order valence-electron chi connectivity index (χ1n) is 9.46. The zero-order chi connectivity index (χ0) is 19.8. The van der Waals surface area contributed by atoms with Crippen molar-refractivity contribution < 1.29 is 4.79 Å². The van der Waals surface area contributed by atoms with Gasteiger partial charge in [-0.05, 0) is 44.0 Å². The minimum Gasteiger partial charge on any atom is -0.359 e. The Morgan fingerprint density at radius 1 is 1.11 bits per heavy atom. The van der Waals surface area contributed by atoms with Gasteiger partial charge in [-0.25, -0.2) is 4.68 Å². The SMILES string of the molecule is Cc1c(NC(=O)CN2c3ccccc3C[C@H]2C)c(=O)n(-c2ccccc2)n1C. The quantitative estimate of drug-likeness (QED) is 0.762. The number of rotatable bonds is 4. The van der Waals surface area contributed by atoms with Gasteiger partial charge in [0.25, 0.3) is 5.56 Å². The Hall–Kier alpha value is -3.28. The van der Waals surface area contributed by atoms with Crippen LogP contribution >= 0.6 is 0 Å². The van der Waals surface area contributed by atoms with Crippen LogP contribution in [0.2, 0.25) is 0 Å². The van der Waals surface area contributed by atoms with Gasteiger partial charge in [0.15, 0.2) is 0 Å². The van der Waals surface area contributed by atoms with Crippen LogP contribution in [0.3, 0.4) is 0 Å². The lowest BCUT2D eigenvalue weighted by Gasteiger charge is -2.24. The molecule has 1 N–H and O–H groups in total. The summed E-state index contributed by atoms with van der Waals surface area (Å²) >= 11 is 0. The third kappa shape index (κ3) is 3.01. The fraction of sp³-hybridized carbons (Fsp3) is 0.273. The summed E-state index contributed by atoms with van der Waals surface area (Å²) < 4.78 is 3.33. The Morgan fingerprint density at radius 3 is 2.54 bits per heavy atom. The second-order valence-corrected chi connectivity index (χ2v) is 7.29. The highest BCUT2D eigenvalue weighted by Crippen LogP contribution is 2.31. The van der Waals surface area contributed by atoms with Gasteiger partial charge in [-0.3, -0.25) is 14.3 Å². The predicted octanol–water partition coefficient (Wildman–Crippen LogP) is 2.87. The lowest BCUT2D eigenvalue weighted by molar-refractivity contribution is -0.115. The maximum Gasteiger partial charge on any atom is 0.295 e. The Kier molecular flexibility index (Phi) is 4.55. The Balaban J connectivity index is 1.59. The molecule has 1 aliphatic heterocycles. The van der Waals surface area contributed by atoms with Crippen molar-refractivity contribution in [3.05, 3.63) is 76.2 Å². The van der Waals surface area contributed by atoms with Crippen LogP contribution in [0, 0.1) is 6.92 Å². The number of hydrogen-bond donors (Lipinski definition) is 1. The van der Waals surface area contributed by atoms with Crippen LogP contribution < -0.4 is 15.8 Å². The number of fused-ring (bicyclic) bond motifs is 1. The van der Waals surface area contributed by atoms with E-state index in [1.807, 2.05) is 62.5 Å². The van der Waals surface area contributed by atoms with Gasteiger partial charge in [0.1, 0.15) is 5.69 Å². The highest BCUT2D eigenvalue weighted by molar-refractivity contribution is 5.95. The van der Waals surface area contributed by atoms with Crippen LogP contribution in [0.4, 0.5) is 11.4 Å². The molecule has 6 heteroatoms. The number of amides is 1. The van der Waals surface area contributed by atoms with Crippen molar-refractivity contribution in [3.63, 3.8) is 0 Å². The maximum atomic E-state index is 13.0. The fourth-order valence-corrected chi connectivity index (χ4v) is 3.92. The summed E-state index contributed by atoms with van der Waals surface area (Å²) in [6, 6.07) is 17.8. The predicted molar refractivity (Wildman–Crippen MR) is 111 cm³/mol. The Labute approximate surface area is 164 Å². The Bertz CT molecular complexity index is 1080. The highest BCUT2D eigenvalue weighted by Gasteiger charge is 2.28. The van der Waals surface area contributed by atoms with Gasteiger partial charge in [-0.1, -0.05) is 36.4 Å². The third-order valence-corrected chi connectivity index (χ3v) is 5.48. The summed E-state index contributed by atoms with van der Waals surface area (Å²) in [6.45, 7) is 4.17. The summed E-state index contributed by atoms with van der Waals surface area (Å²) in [5.74, 6) is -0.186. The molecule has 0 bridgehead atoms. The molecule has 0 radical (unpaired) electrons. The topological polar surface area (TPSA) is 59.3 Å². The first kappa shape index (κ1) is 18.1. The molecule has 4 rings (SSSR count). The molecule has 144 valence electrons. The lowest BCUT2D eigenvalue weighted by atomic mass is 10.1. The number of para-hydroxylation sites is 2. The van der Waals surface area contributed by atoms with Crippen molar-refractivity contribution in [1.82, 2.24) is 9.36 Å². The zero-order valence-corrected chi connectivity index (χ0v) is 16.3. The lowest BCUT2D eigenvalue weighted by Crippen LogP contribution is -2.37. The molecule has 2 aromatic carbocycles. The average molecular weight is 376 g/mol. The molecule has 6 nitrogen and oxygen atoms in total. The number of aromatic nitrogens is 2. The molecule has 3 aromatic rings. The monoisotopic (exact) mass is 376 g/mol. The van der Waals surface area contributed by atoms with Crippen molar-refractivity contribution in [2.75, 3.05) is 16.8 Å². The van der Waals surface area contributed by atoms with Crippen molar-refractivity contribution in [2.24, 2.45) is 7.05 Å². The van der Waals surface area contributed by atoms with Crippen LogP contribution in [-0.2, 0) is 18.3 Å². The highest BCUT2D eigenvalue weighted by atomic mass is 16.2. The molecule has 0 unspecified atom stereocenters. The van der Waals surface area contributed by atoms with E-state index in [1.165, 1.54) is 5.56 Å². The molecule has 1 aliphatic rings. The van der Waals surface area contributed by atoms with E-state index in [-0.39, 0.29) is 24.1 Å². The summed E-state index contributed by atoms with van der Waals surface area (Å²) in [5, 5.41) is 2.85. The number of anilines is 2. The molecular formula is C22H24N4O2. The van der Waals surface area contributed by atoms with Crippen molar-refractivity contribution in [3.8, 4) is 5.69 Å². The smallest absolute Gasteiger partial charge is 0.295 e. The van der Waals surface area contributed by atoms with Gasteiger partial charge in [0, 0.05) is 18.8 Å². The minimum atomic E-state index is -0.227. The normalized spacial score (nSPS) is 15.5. The van der Waals surface area contributed by atoms with Gasteiger partial charge in [0.2, 0.25) is 5.91 Å². The molecule has 2 heterocycles. The third-order valence-electron chi connectivity index (χ3n) is 5.48. The number of nitrogens with one attached hydrogen (secondary N) is 1. The molecular weight excluding hydrogens is 352 g/mol. The number of benzene rings is 2. The second kappa shape index (κ2) is 7.03. The van der Waals surface area contributed by atoms with Crippen molar-refractivity contribution in [2.45, 2.75) is 26.3 Å². The van der Waals surface area contributed by atoms with Gasteiger partial charge in [-0.15, -0.1) is 0 Å². The van der Waals surface area contributed by atoms with Gasteiger partial charge < -0.3 is 10.2 Å². The molecule has 1 aromatic heterocycles. The molecule has 0 saturated carbocycles. The molecule has 0 saturated heterocycles. The summed E-state index contributed by atoms with van der Waals surface area (Å²) in [5.41, 5.74) is 3.94. The number of carbonyl (C=O) groups is 1. The van der Waals surface area contributed by atoms with E-state index in [9.17, 15) is 9.59 Å². The van der Waals surface area contributed by atoms with Crippen LogP contribution in [0.1, 0.15) is 18.2 Å². The maximum absolute atomic E-state index is 13.0. The summed E-state index contributed by atoms with van der Waals surface area (Å²) in [4.78, 5) is 27.8. The fourth-order valence-electron chi connectivity index (χ4n) is 3.92. The standard InChI is InChI=1S/C22H24N4O2/c1-15-13-17-9-7-8-12-19(17)25(15)14-20(27)23-21-16(2)24(3)26(22(21)28)18-10-5-4-6-11-18/h4-12,15H,13-14H2,1-3H3,(H,23,27)/t15-/m1/s1. The van der Waals surface area contributed by atoms with E-state index in [1.54, 1.807) is 9.36 Å². The summed E-state index contributed by atoms with van der Waals surface area (Å²) in [7, 11) is 1.82. The van der Waals surface area contributed by atoms with Gasteiger partial charge in [0.05, 0.1) is 17.9 Å². The van der Waals surface area contributed by atoms with E-state index in [2.05, 4.69) is 23.2 Å². The molecule has 0 fully saturated rings. The minimum absolute atomic E-state index is 0.186. The average Bonchev–Trinajstić information content (AvgIpc) is 3.11. The van der Waals surface area contributed by atoms with Crippen molar-refractivity contribution in [1.29, 1.82) is 0 Å². The molecule has 1 atom stereocenters. The summed E-state index contributed by atoms with van der Waals surface area (Å²) in [6.07, 6.45) is 0.925. The number of hydrogen-bond acceptors (Lipinski definition) is 3. The molecule has 0 aliphatic carbocycles. The molecule has 1 amide bonds. The van der Waals surface area contributed by atoms with Crippen molar-refractivity contribution >= 4 is 17.3 Å². The van der Waals surface area contributed by atoms with E-state index < -0.39 is 0 Å². The largest absolute Gasteiger partial charge is 0.359 e. The van der Waals surface area contributed by atoms with Gasteiger partial charge in [-0.2, -0.15) is 0 Å². The van der Waals surface area contributed by atoms with Crippen LogP contribution in [0.5, 0.6) is 0 Å². The first-order chi connectivity index (χ1) is 13.5. The molecule has 0 spiro atoms. The van der Waals surface area contributed by atoms with E-state index in [0.717, 1.165) is 23.5 Å². The van der Waals surface area contributed by atoms with Crippen LogP contribution in [0.25, 0.3) is 5.69 Å². The number of carbonyl (C=O) groups excluding carboxylic acids is 1. The van der Waals surface area contributed by atoms with E-state index in [0.29, 0.717) is 5.69 Å².